The molecule has 1 aromatic rings. The van der Waals surface area contributed by atoms with Crippen LogP contribution in [0.3, 0.4) is 0 Å². The van der Waals surface area contributed by atoms with E-state index in [1.165, 1.54) is 0 Å². The molecule has 5 heteroatoms. The Kier molecular flexibility index (Phi) is 4.00. The van der Waals surface area contributed by atoms with E-state index in [1.807, 2.05) is 13.8 Å². The lowest BCUT2D eigenvalue weighted by Crippen LogP contribution is -2.11. The minimum atomic E-state index is -0.760. The van der Waals surface area contributed by atoms with Gasteiger partial charge in [-0.05, 0) is 13.8 Å². The molecule has 78 valence electrons. The lowest BCUT2D eigenvalue weighted by molar-refractivity contribution is 0.687. The first kappa shape index (κ1) is 11.1. The zero-order chi connectivity index (χ0) is 10.6. The van der Waals surface area contributed by atoms with Crippen LogP contribution >= 0.6 is 0 Å². The van der Waals surface area contributed by atoms with Gasteiger partial charge in [0.25, 0.3) is 0 Å². The SMILES string of the molecule is Cc1ncc(NCCS(C)=O)nc1C. The molecule has 0 aliphatic rings. The van der Waals surface area contributed by atoms with E-state index in [0.29, 0.717) is 12.3 Å². The molecule has 1 unspecified atom stereocenters. The molecule has 0 spiro atoms. The highest BCUT2D eigenvalue weighted by atomic mass is 32.2. The summed E-state index contributed by atoms with van der Waals surface area (Å²) in [5.41, 5.74) is 1.86. The van der Waals surface area contributed by atoms with Crippen molar-refractivity contribution in [2.24, 2.45) is 0 Å². The topological polar surface area (TPSA) is 54.9 Å². The van der Waals surface area contributed by atoms with E-state index in [2.05, 4.69) is 15.3 Å². The predicted molar refractivity (Wildman–Crippen MR) is 58.9 cm³/mol. The van der Waals surface area contributed by atoms with Crippen molar-refractivity contribution in [3.05, 3.63) is 17.6 Å². The Morgan fingerprint density at radius 2 is 2.14 bits per heavy atom. The van der Waals surface area contributed by atoms with Crippen molar-refractivity contribution in [2.45, 2.75) is 13.8 Å². The van der Waals surface area contributed by atoms with Crippen molar-refractivity contribution in [3.63, 3.8) is 0 Å². The van der Waals surface area contributed by atoms with Crippen molar-refractivity contribution in [1.82, 2.24) is 9.97 Å². The van der Waals surface area contributed by atoms with Crippen molar-refractivity contribution < 1.29 is 4.21 Å². The summed E-state index contributed by atoms with van der Waals surface area (Å²) < 4.78 is 10.8. The molecule has 0 saturated carbocycles. The molecule has 1 N–H and O–H groups in total. The number of rotatable bonds is 4. The van der Waals surface area contributed by atoms with Crippen LogP contribution in [-0.2, 0) is 10.8 Å². The monoisotopic (exact) mass is 213 g/mol. The molecule has 0 aromatic carbocycles. The Balaban J connectivity index is 2.51. The lowest BCUT2D eigenvalue weighted by Gasteiger charge is -2.05. The van der Waals surface area contributed by atoms with E-state index < -0.39 is 10.8 Å². The van der Waals surface area contributed by atoms with Gasteiger partial charge in [0.2, 0.25) is 0 Å². The summed E-state index contributed by atoms with van der Waals surface area (Å²) in [6.07, 6.45) is 3.38. The molecule has 0 saturated heterocycles. The van der Waals surface area contributed by atoms with Crippen molar-refractivity contribution >= 4 is 16.6 Å². The van der Waals surface area contributed by atoms with Crippen LogP contribution in [0.1, 0.15) is 11.4 Å². The van der Waals surface area contributed by atoms with Crippen molar-refractivity contribution in [2.75, 3.05) is 23.9 Å². The van der Waals surface area contributed by atoms with E-state index >= 15 is 0 Å². The summed E-state index contributed by atoms with van der Waals surface area (Å²) in [5, 5.41) is 3.08. The third-order valence-corrected chi connectivity index (χ3v) is 2.67. The molecule has 4 nitrogen and oxygen atoms in total. The first-order chi connectivity index (χ1) is 6.59. The fraction of sp³-hybridized carbons (Fsp3) is 0.556. The van der Waals surface area contributed by atoms with Crippen LogP contribution in [0.2, 0.25) is 0 Å². The number of aryl methyl sites for hydroxylation is 2. The van der Waals surface area contributed by atoms with E-state index in [1.54, 1.807) is 12.5 Å². The lowest BCUT2D eigenvalue weighted by atomic mass is 10.3. The maximum Gasteiger partial charge on any atom is 0.144 e. The molecular formula is C9H15N3OS. The minimum absolute atomic E-state index is 0.634. The maximum atomic E-state index is 10.8. The molecule has 0 aliphatic heterocycles. The Morgan fingerprint density at radius 3 is 2.71 bits per heavy atom. The van der Waals surface area contributed by atoms with Gasteiger partial charge in [-0.15, -0.1) is 0 Å². The zero-order valence-corrected chi connectivity index (χ0v) is 9.52. The number of anilines is 1. The summed E-state index contributed by atoms with van der Waals surface area (Å²) in [7, 11) is -0.760. The molecular weight excluding hydrogens is 198 g/mol. The van der Waals surface area contributed by atoms with Gasteiger partial charge in [0.1, 0.15) is 5.82 Å². The third-order valence-electron chi connectivity index (χ3n) is 1.89. The van der Waals surface area contributed by atoms with Gasteiger partial charge in [0.05, 0.1) is 17.6 Å². The van der Waals surface area contributed by atoms with Crippen LogP contribution in [0.25, 0.3) is 0 Å². The first-order valence-corrected chi connectivity index (χ1v) is 6.16. The van der Waals surface area contributed by atoms with E-state index in [4.69, 9.17) is 0 Å². The molecule has 0 aliphatic carbocycles. The van der Waals surface area contributed by atoms with Crippen molar-refractivity contribution in [1.29, 1.82) is 0 Å². The number of hydrogen-bond acceptors (Lipinski definition) is 4. The first-order valence-electron chi connectivity index (χ1n) is 4.43. The second-order valence-corrected chi connectivity index (χ2v) is 4.68. The minimum Gasteiger partial charge on any atom is -0.368 e. The fourth-order valence-electron chi connectivity index (χ4n) is 0.950. The smallest absolute Gasteiger partial charge is 0.144 e. The Bertz CT molecular complexity index is 341. The highest BCUT2D eigenvalue weighted by Crippen LogP contribution is 2.04. The van der Waals surface area contributed by atoms with Crippen molar-refractivity contribution in [3.8, 4) is 0 Å². The normalized spacial score (nSPS) is 12.5. The van der Waals surface area contributed by atoms with Gasteiger partial charge in [0, 0.05) is 29.4 Å². The number of aromatic nitrogens is 2. The number of nitrogens with zero attached hydrogens (tertiary/aromatic N) is 2. The summed E-state index contributed by atoms with van der Waals surface area (Å²) in [6.45, 7) is 4.51. The summed E-state index contributed by atoms with van der Waals surface area (Å²) >= 11 is 0. The summed E-state index contributed by atoms with van der Waals surface area (Å²) in [5.74, 6) is 1.38. The van der Waals surface area contributed by atoms with Crippen LogP contribution < -0.4 is 5.32 Å². The quantitative estimate of drug-likeness (QED) is 0.807. The van der Waals surface area contributed by atoms with E-state index in [9.17, 15) is 4.21 Å². The largest absolute Gasteiger partial charge is 0.368 e. The molecule has 0 amide bonds. The standard InChI is InChI=1S/C9H15N3OS/c1-7-8(2)12-9(6-11-7)10-4-5-14(3)13/h6H,4-5H2,1-3H3,(H,10,12). The van der Waals surface area contributed by atoms with Crippen LogP contribution in [0.15, 0.2) is 6.20 Å². The molecule has 0 radical (unpaired) electrons. The van der Waals surface area contributed by atoms with Crippen LogP contribution in [0.5, 0.6) is 0 Å². The second kappa shape index (κ2) is 5.05. The number of hydrogen-bond donors (Lipinski definition) is 1. The van der Waals surface area contributed by atoms with E-state index in [-0.39, 0.29) is 0 Å². The van der Waals surface area contributed by atoms with Gasteiger partial charge in [-0.1, -0.05) is 0 Å². The Morgan fingerprint density at radius 1 is 1.43 bits per heavy atom. The van der Waals surface area contributed by atoms with Gasteiger partial charge in [-0.3, -0.25) is 9.19 Å². The zero-order valence-electron chi connectivity index (χ0n) is 8.70. The number of nitrogens with one attached hydrogen (secondary N) is 1. The Hall–Kier alpha value is -0.970. The highest BCUT2D eigenvalue weighted by molar-refractivity contribution is 7.84. The second-order valence-electron chi connectivity index (χ2n) is 3.13. The predicted octanol–water partition coefficient (Wildman–Crippen LogP) is 0.884. The summed E-state index contributed by atoms with van der Waals surface area (Å²) in [4.78, 5) is 8.47. The average Bonchev–Trinajstić information content (AvgIpc) is 2.10. The molecule has 0 bridgehead atoms. The molecule has 1 aromatic heterocycles. The maximum absolute atomic E-state index is 10.8. The Labute approximate surface area is 86.6 Å². The molecule has 1 heterocycles. The van der Waals surface area contributed by atoms with Gasteiger partial charge < -0.3 is 5.32 Å². The van der Waals surface area contributed by atoms with Crippen LogP contribution in [-0.4, -0.2) is 32.7 Å². The average molecular weight is 213 g/mol. The van der Waals surface area contributed by atoms with Crippen LogP contribution in [0.4, 0.5) is 5.82 Å². The molecule has 0 fully saturated rings. The van der Waals surface area contributed by atoms with Gasteiger partial charge in [-0.2, -0.15) is 0 Å². The van der Waals surface area contributed by atoms with E-state index in [0.717, 1.165) is 17.2 Å². The van der Waals surface area contributed by atoms with Gasteiger partial charge in [-0.25, -0.2) is 4.98 Å². The van der Waals surface area contributed by atoms with Crippen LogP contribution in [0, 0.1) is 13.8 Å². The highest BCUT2D eigenvalue weighted by Gasteiger charge is 1.98. The molecule has 1 atom stereocenters. The van der Waals surface area contributed by atoms with Gasteiger partial charge >= 0.3 is 0 Å². The van der Waals surface area contributed by atoms with Gasteiger partial charge in [0.15, 0.2) is 0 Å². The molecule has 14 heavy (non-hydrogen) atoms. The third kappa shape index (κ3) is 3.41. The fourth-order valence-corrected chi connectivity index (χ4v) is 1.34. The molecule has 1 rings (SSSR count). The summed E-state index contributed by atoms with van der Waals surface area (Å²) in [6, 6.07) is 0.